The molecule has 3 rings (SSSR count). The molecule has 1 aromatic carbocycles. The van der Waals surface area contributed by atoms with Gasteiger partial charge in [-0.2, -0.15) is 0 Å². The Morgan fingerprint density at radius 2 is 1.82 bits per heavy atom. The first-order valence-corrected chi connectivity index (χ1v) is 9.73. The van der Waals surface area contributed by atoms with Gasteiger partial charge in [0.25, 0.3) is 5.91 Å². The second-order valence-electron chi connectivity index (χ2n) is 8.82. The molecule has 0 unspecified atom stereocenters. The number of imide groups is 1. The van der Waals surface area contributed by atoms with Crippen LogP contribution in [-0.2, 0) is 9.59 Å². The molecule has 4 amide bonds. The summed E-state index contributed by atoms with van der Waals surface area (Å²) in [6, 6.07) is 6.39. The Morgan fingerprint density at radius 1 is 1.21 bits per heavy atom. The minimum atomic E-state index is -0.848. The highest BCUT2D eigenvalue weighted by atomic mass is 16.5. The van der Waals surface area contributed by atoms with Crippen molar-refractivity contribution in [1.29, 1.82) is 0 Å². The summed E-state index contributed by atoms with van der Waals surface area (Å²) in [5.74, 6) is 0.513. The lowest BCUT2D eigenvalue weighted by Crippen LogP contribution is -2.50. The quantitative estimate of drug-likeness (QED) is 0.777. The van der Waals surface area contributed by atoms with Gasteiger partial charge in [0.05, 0.1) is 7.11 Å². The summed E-state index contributed by atoms with van der Waals surface area (Å²) < 4.78 is 5.08. The highest BCUT2D eigenvalue weighted by Gasteiger charge is 2.53. The predicted molar refractivity (Wildman–Crippen MR) is 106 cm³/mol. The summed E-state index contributed by atoms with van der Waals surface area (Å²) >= 11 is 0. The van der Waals surface area contributed by atoms with Crippen molar-refractivity contribution in [2.45, 2.75) is 52.0 Å². The van der Waals surface area contributed by atoms with Gasteiger partial charge in [0.1, 0.15) is 17.8 Å². The largest absolute Gasteiger partial charge is 0.497 e. The SMILES string of the molecule is COc1ccc(NC(=O)CN2C(=O)NC3(CCC(C(C)(C)C)CC3)C2=O)cc1. The van der Waals surface area contributed by atoms with Crippen molar-refractivity contribution in [3.8, 4) is 5.75 Å². The summed E-state index contributed by atoms with van der Waals surface area (Å²) in [6.45, 7) is 6.34. The van der Waals surface area contributed by atoms with E-state index in [0.29, 0.717) is 30.2 Å². The Bertz CT molecular complexity index is 759. The van der Waals surface area contributed by atoms with E-state index in [4.69, 9.17) is 4.74 Å². The maximum atomic E-state index is 13.0. The number of methoxy groups -OCH3 is 1. The van der Waals surface area contributed by atoms with Gasteiger partial charge in [0, 0.05) is 5.69 Å². The zero-order valence-electron chi connectivity index (χ0n) is 17.0. The van der Waals surface area contributed by atoms with E-state index in [1.165, 1.54) is 0 Å². The summed E-state index contributed by atoms with van der Waals surface area (Å²) in [5, 5.41) is 5.58. The van der Waals surface area contributed by atoms with E-state index in [1.54, 1.807) is 31.4 Å². The normalized spacial score (nSPS) is 25.0. The minimum absolute atomic E-state index is 0.186. The molecule has 0 radical (unpaired) electrons. The number of nitrogens with one attached hydrogen (secondary N) is 2. The molecule has 7 heteroatoms. The van der Waals surface area contributed by atoms with Crippen molar-refractivity contribution in [3.05, 3.63) is 24.3 Å². The van der Waals surface area contributed by atoms with Crippen molar-refractivity contribution in [2.24, 2.45) is 11.3 Å². The van der Waals surface area contributed by atoms with Crippen LogP contribution in [0, 0.1) is 11.3 Å². The fraction of sp³-hybridized carbons (Fsp3) is 0.571. The van der Waals surface area contributed by atoms with Crippen LogP contribution < -0.4 is 15.4 Å². The standard InChI is InChI=1S/C21H29N3O4/c1-20(2,3)14-9-11-21(12-10-14)18(26)24(19(27)23-21)13-17(25)22-15-5-7-16(28-4)8-6-15/h5-8,14H,9-13H2,1-4H3,(H,22,25)(H,23,27). The van der Waals surface area contributed by atoms with Gasteiger partial charge in [0.2, 0.25) is 5.91 Å². The van der Waals surface area contributed by atoms with Crippen LogP contribution in [-0.4, -0.2) is 41.9 Å². The lowest BCUT2D eigenvalue weighted by molar-refractivity contribution is -0.135. The van der Waals surface area contributed by atoms with Crippen molar-refractivity contribution >= 4 is 23.5 Å². The van der Waals surface area contributed by atoms with E-state index in [2.05, 4.69) is 31.4 Å². The Labute approximate surface area is 165 Å². The van der Waals surface area contributed by atoms with Gasteiger partial charge < -0.3 is 15.4 Å². The Balaban J connectivity index is 1.61. The molecule has 0 atom stereocenters. The van der Waals surface area contributed by atoms with Crippen LogP contribution in [0.2, 0.25) is 0 Å². The molecule has 7 nitrogen and oxygen atoms in total. The molecule has 152 valence electrons. The summed E-state index contributed by atoms with van der Waals surface area (Å²) in [6.07, 6.45) is 3.02. The summed E-state index contributed by atoms with van der Waals surface area (Å²) in [4.78, 5) is 38.8. The monoisotopic (exact) mass is 387 g/mol. The fourth-order valence-corrected chi connectivity index (χ4v) is 4.15. The summed E-state index contributed by atoms with van der Waals surface area (Å²) in [5.41, 5.74) is -0.0806. The lowest BCUT2D eigenvalue weighted by atomic mass is 9.67. The molecule has 2 N–H and O–H groups in total. The smallest absolute Gasteiger partial charge is 0.325 e. The average Bonchev–Trinajstić information content (AvgIpc) is 2.86. The molecule has 1 saturated heterocycles. The number of urea groups is 1. The van der Waals surface area contributed by atoms with Gasteiger partial charge in [-0.05, 0) is 61.3 Å². The first-order chi connectivity index (χ1) is 13.1. The molecule has 0 bridgehead atoms. The molecule has 1 heterocycles. The number of hydrogen-bond donors (Lipinski definition) is 2. The number of carbonyl (C=O) groups is 3. The topological polar surface area (TPSA) is 87.7 Å². The zero-order chi connectivity index (χ0) is 20.5. The van der Waals surface area contributed by atoms with Crippen molar-refractivity contribution in [1.82, 2.24) is 10.2 Å². The van der Waals surface area contributed by atoms with Crippen LogP contribution in [0.15, 0.2) is 24.3 Å². The van der Waals surface area contributed by atoms with Gasteiger partial charge in [0.15, 0.2) is 0 Å². The van der Waals surface area contributed by atoms with Gasteiger partial charge >= 0.3 is 6.03 Å². The molecule has 0 aromatic heterocycles. The van der Waals surface area contributed by atoms with E-state index in [1.807, 2.05) is 0 Å². The van der Waals surface area contributed by atoms with Gasteiger partial charge in [-0.3, -0.25) is 14.5 Å². The van der Waals surface area contributed by atoms with Crippen LogP contribution >= 0.6 is 0 Å². The highest BCUT2D eigenvalue weighted by Crippen LogP contribution is 2.43. The van der Waals surface area contributed by atoms with Crippen LogP contribution in [0.25, 0.3) is 0 Å². The molecule has 2 aliphatic rings. The fourth-order valence-electron chi connectivity index (χ4n) is 4.15. The number of carbonyl (C=O) groups excluding carboxylic acids is 3. The molecule has 28 heavy (non-hydrogen) atoms. The second kappa shape index (κ2) is 7.45. The molecular weight excluding hydrogens is 358 g/mol. The molecular formula is C21H29N3O4. The number of rotatable bonds is 4. The lowest BCUT2D eigenvalue weighted by Gasteiger charge is -2.40. The third kappa shape index (κ3) is 3.98. The number of nitrogens with zero attached hydrogens (tertiary/aromatic N) is 1. The number of benzene rings is 1. The van der Waals surface area contributed by atoms with E-state index in [-0.39, 0.29) is 17.9 Å². The number of ether oxygens (including phenoxy) is 1. The third-order valence-electron chi connectivity index (χ3n) is 5.99. The van der Waals surface area contributed by atoms with E-state index >= 15 is 0 Å². The number of anilines is 1. The molecule has 1 aromatic rings. The maximum Gasteiger partial charge on any atom is 0.325 e. The first-order valence-electron chi connectivity index (χ1n) is 9.73. The van der Waals surface area contributed by atoms with Crippen molar-refractivity contribution in [3.63, 3.8) is 0 Å². The molecule has 1 aliphatic heterocycles. The first kappa shape index (κ1) is 20.2. The van der Waals surface area contributed by atoms with Crippen molar-refractivity contribution < 1.29 is 19.1 Å². The Kier molecular flexibility index (Phi) is 5.37. The number of hydrogen-bond acceptors (Lipinski definition) is 4. The average molecular weight is 387 g/mol. The summed E-state index contributed by atoms with van der Waals surface area (Å²) in [7, 11) is 1.57. The van der Waals surface area contributed by atoms with Crippen LogP contribution in [0.5, 0.6) is 5.75 Å². The van der Waals surface area contributed by atoms with E-state index < -0.39 is 17.5 Å². The molecule has 1 saturated carbocycles. The zero-order valence-corrected chi connectivity index (χ0v) is 17.0. The maximum absolute atomic E-state index is 13.0. The molecule has 1 aliphatic carbocycles. The van der Waals surface area contributed by atoms with Gasteiger partial charge in [-0.1, -0.05) is 20.8 Å². The highest BCUT2D eigenvalue weighted by molar-refractivity contribution is 6.10. The minimum Gasteiger partial charge on any atom is -0.497 e. The van der Waals surface area contributed by atoms with Crippen LogP contribution in [0.3, 0.4) is 0 Å². The second-order valence-corrected chi connectivity index (χ2v) is 8.82. The number of amides is 4. The van der Waals surface area contributed by atoms with E-state index in [9.17, 15) is 14.4 Å². The predicted octanol–water partition coefficient (Wildman–Crippen LogP) is 3.16. The van der Waals surface area contributed by atoms with Gasteiger partial charge in [-0.15, -0.1) is 0 Å². The molecule has 1 spiro atoms. The van der Waals surface area contributed by atoms with Crippen LogP contribution in [0.1, 0.15) is 46.5 Å². The third-order valence-corrected chi connectivity index (χ3v) is 5.99. The van der Waals surface area contributed by atoms with E-state index in [0.717, 1.165) is 17.7 Å². The van der Waals surface area contributed by atoms with Crippen LogP contribution in [0.4, 0.5) is 10.5 Å². The Morgan fingerprint density at radius 3 is 2.36 bits per heavy atom. The molecule has 2 fully saturated rings. The van der Waals surface area contributed by atoms with Crippen molar-refractivity contribution in [2.75, 3.05) is 19.0 Å². The van der Waals surface area contributed by atoms with Gasteiger partial charge in [-0.25, -0.2) is 4.79 Å². The Hall–Kier alpha value is -2.57.